The highest BCUT2D eigenvalue weighted by atomic mass is 19.1. The largest absolute Gasteiger partial charge is 0.481 e. The molecule has 4 aromatic rings. The number of carbonyl (C=O) groups is 2. The number of nitrogens with two attached hydrogens (primary N) is 1. The maximum absolute atomic E-state index is 13.5. The summed E-state index contributed by atoms with van der Waals surface area (Å²) in [4.78, 5) is 40.7. The number of amides is 1. The van der Waals surface area contributed by atoms with E-state index in [1.807, 2.05) is 25.1 Å². The Kier molecular flexibility index (Phi) is 10.1. The number of likely N-dealkylation sites (N-methyl/N-ethyl adjacent to an activating group) is 1. The van der Waals surface area contributed by atoms with Crippen molar-refractivity contribution in [1.82, 2.24) is 24.8 Å². The fraction of sp³-hybridized carbons (Fsp3) is 0.300. The van der Waals surface area contributed by atoms with Gasteiger partial charge in [0, 0.05) is 30.4 Å². The van der Waals surface area contributed by atoms with Gasteiger partial charge in [-0.2, -0.15) is 0 Å². The van der Waals surface area contributed by atoms with Gasteiger partial charge in [-0.25, -0.2) is 19.3 Å². The molecule has 43 heavy (non-hydrogen) atoms. The third kappa shape index (κ3) is 8.19. The van der Waals surface area contributed by atoms with Crippen molar-refractivity contribution in [1.29, 1.82) is 0 Å². The summed E-state index contributed by atoms with van der Waals surface area (Å²) in [6.07, 6.45) is 0.765. The Balaban J connectivity index is 0.000000403. The number of imidazole rings is 1. The molecule has 1 fully saturated rings. The second-order valence-corrected chi connectivity index (χ2v) is 10.4. The average molecular weight is 592 g/mol. The number of aromatic nitrogens is 4. The molecule has 0 atom stereocenters. The van der Waals surface area contributed by atoms with Gasteiger partial charge < -0.3 is 35.5 Å². The molecule has 0 radical (unpaired) electrons. The van der Waals surface area contributed by atoms with Gasteiger partial charge in [-0.15, -0.1) is 0 Å². The first kappa shape index (κ1) is 31.2. The summed E-state index contributed by atoms with van der Waals surface area (Å²) in [5.41, 5.74) is 6.76. The van der Waals surface area contributed by atoms with E-state index in [0.29, 0.717) is 46.5 Å². The van der Waals surface area contributed by atoms with Crippen LogP contribution in [0.25, 0.3) is 22.6 Å². The number of hydrogen-bond donors (Lipinski definition) is 4. The highest BCUT2D eigenvalue weighted by Crippen LogP contribution is 2.35. The van der Waals surface area contributed by atoms with Crippen molar-refractivity contribution in [3.63, 3.8) is 0 Å². The van der Waals surface area contributed by atoms with Gasteiger partial charge in [0.25, 0.3) is 0 Å². The van der Waals surface area contributed by atoms with Crippen molar-refractivity contribution in [2.24, 2.45) is 11.1 Å². The third-order valence-corrected chi connectivity index (χ3v) is 6.50. The molecule has 226 valence electrons. The molecule has 13 heteroatoms. The number of carboxylic acids is 1. The van der Waals surface area contributed by atoms with E-state index < -0.39 is 17.7 Å². The average Bonchev–Trinajstić information content (AvgIpc) is 3.44. The lowest BCUT2D eigenvalue weighted by Gasteiger charge is -2.33. The van der Waals surface area contributed by atoms with E-state index in [4.69, 9.17) is 15.2 Å². The summed E-state index contributed by atoms with van der Waals surface area (Å²) in [5.74, 6) is -0.906. The van der Waals surface area contributed by atoms with E-state index in [-0.39, 0.29) is 24.9 Å². The van der Waals surface area contributed by atoms with Gasteiger partial charge in [0.15, 0.2) is 5.82 Å². The van der Waals surface area contributed by atoms with Gasteiger partial charge >= 0.3 is 5.97 Å². The van der Waals surface area contributed by atoms with Crippen molar-refractivity contribution in [2.45, 2.75) is 13.2 Å². The van der Waals surface area contributed by atoms with E-state index in [1.54, 1.807) is 55.6 Å². The number of primary amides is 1. The van der Waals surface area contributed by atoms with E-state index in [0.717, 1.165) is 6.54 Å². The highest BCUT2D eigenvalue weighted by molar-refractivity contribution is 5.92. The molecular formula is C30H34FN7O5. The van der Waals surface area contributed by atoms with Gasteiger partial charge in [-0.3, -0.25) is 9.59 Å². The fourth-order valence-electron chi connectivity index (χ4n) is 3.97. The third-order valence-electron chi connectivity index (χ3n) is 6.50. The molecular weight excluding hydrogens is 557 g/mol. The van der Waals surface area contributed by atoms with Gasteiger partial charge in [0.2, 0.25) is 18.1 Å². The molecule has 0 unspecified atom stereocenters. The van der Waals surface area contributed by atoms with Gasteiger partial charge in [-0.1, -0.05) is 18.2 Å². The van der Waals surface area contributed by atoms with Gasteiger partial charge in [0.1, 0.15) is 11.2 Å². The molecule has 1 aliphatic heterocycles. The van der Waals surface area contributed by atoms with E-state index in [2.05, 4.69) is 25.3 Å². The number of aromatic amines is 1. The molecule has 0 spiro atoms. The lowest BCUT2D eigenvalue weighted by molar-refractivity contribution is -0.236. The van der Waals surface area contributed by atoms with E-state index >= 15 is 0 Å². The minimum Gasteiger partial charge on any atom is -0.481 e. The second kappa shape index (κ2) is 14.0. The van der Waals surface area contributed by atoms with Crippen LogP contribution in [0.5, 0.6) is 0 Å². The smallest absolute Gasteiger partial charge is 0.314 e. The zero-order valence-corrected chi connectivity index (χ0v) is 24.1. The van der Waals surface area contributed by atoms with Crippen molar-refractivity contribution in [3.05, 3.63) is 84.1 Å². The monoisotopic (exact) mass is 591 g/mol. The van der Waals surface area contributed by atoms with Crippen LogP contribution in [0.15, 0.2) is 66.9 Å². The van der Waals surface area contributed by atoms with Crippen molar-refractivity contribution < 1.29 is 28.6 Å². The van der Waals surface area contributed by atoms with E-state index in [1.165, 1.54) is 12.1 Å². The predicted octanol–water partition coefficient (Wildman–Crippen LogP) is 3.57. The normalized spacial score (nSPS) is 18.0. The number of rotatable bonds is 9. The summed E-state index contributed by atoms with van der Waals surface area (Å²) in [6.45, 7) is 3.00. The summed E-state index contributed by atoms with van der Waals surface area (Å²) in [6, 6.07) is 16.5. The minimum absolute atomic E-state index is 0.0254. The predicted molar refractivity (Wildman–Crippen MR) is 157 cm³/mol. The first-order chi connectivity index (χ1) is 20.6. The van der Waals surface area contributed by atoms with Crippen LogP contribution in [0.3, 0.4) is 0 Å². The maximum Gasteiger partial charge on any atom is 0.314 e. The molecule has 2 aromatic carbocycles. The van der Waals surface area contributed by atoms with Crippen LogP contribution in [-0.2, 0) is 14.3 Å². The zero-order valence-electron chi connectivity index (χ0n) is 24.1. The molecule has 0 aliphatic carbocycles. The first-order valence-corrected chi connectivity index (χ1v) is 13.4. The van der Waals surface area contributed by atoms with Crippen molar-refractivity contribution in [3.8, 4) is 22.6 Å². The van der Waals surface area contributed by atoms with Crippen LogP contribution < -0.4 is 11.1 Å². The lowest BCUT2D eigenvalue weighted by atomic mass is 9.92. The number of benzene rings is 2. The molecule has 5 N–H and O–H groups in total. The Hall–Kier alpha value is -4.72. The number of nitrogens with one attached hydrogen (secondary N) is 2. The number of anilines is 1. The number of carboxylic acid groups (broad SMARTS) is 1. The van der Waals surface area contributed by atoms with Crippen molar-refractivity contribution in [2.75, 3.05) is 45.7 Å². The van der Waals surface area contributed by atoms with Crippen LogP contribution in [0.4, 0.5) is 10.3 Å². The molecule has 1 amide bonds. The van der Waals surface area contributed by atoms with E-state index in [9.17, 15) is 19.1 Å². The fourth-order valence-corrected chi connectivity index (χ4v) is 3.97. The highest BCUT2D eigenvalue weighted by Gasteiger charge is 2.41. The number of halogens is 1. The number of H-pyrrole nitrogens is 1. The Morgan fingerprint density at radius 3 is 2.35 bits per heavy atom. The quantitative estimate of drug-likeness (QED) is 0.226. The molecule has 0 bridgehead atoms. The van der Waals surface area contributed by atoms with Crippen LogP contribution in [0.1, 0.15) is 29.4 Å². The summed E-state index contributed by atoms with van der Waals surface area (Å²) in [7, 11) is 3.96. The Morgan fingerprint density at radius 1 is 1.09 bits per heavy atom. The Morgan fingerprint density at radius 2 is 1.77 bits per heavy atom. The number of aliphatic carboxylic acids is 1. The topological polar surface area (TPSA) is 169 Å². The second-order valence-electron chi connectivity index (χ2n) is 10.4. The number of carbonyl (C=O) groups excluding carboxylic acids is 1. The summed E-state index contributed by atoms with van der Waals surface area (Å²) >= 11 is 0. The van der Waals surface area contributed by atoms with Gasteiger partial charge in [0.05, 0.1) is 30.3 Å². The minimum atomic E-state index is -1.13. The lowest BCUT2D eigenvalue weighted by Crippen LogP contribution is -2.42. The van der Waals surface area contributed by atoms with Crippen LogP contribution in [0.2, 0.25) is 0 Å². The zero-order chi connectivity index (χ0) is 31.0. The molecule has 2 aromatic heterocycles. The summed E-state index contributed by atoms with van der Waals surface area (Å²) in [5, 5.41) is 12.6. The number of ether oxygens (including phenoxy) is 2. The van der Waals surface area contributed by atoms with Crippen LogP contribution in [0, 0.1) is 11.2 Å². The molecule has 1 saturated heterocycles. The number of nitrogens with zero attached hydrogens (tertiary/aromatic N) is 4. The standard InChI is InChI=1S/C23H27FN6O4.C7H7NO/c1-23(21(31)32)12-33-20(34-13-23)19-28-17(14-4-6-15(24)7-5-14)18(29-19)16-8-9-25-22(27-16)26-10-11-30(2)3;8-7(9)6-4-2-1-3-5-6/h4-9,20H,10-13H2,1-3H3,(H,28,29)(H,31,32)(H,25,26,27);1-5H,(H2,8,9). The first-order valence-electron chi connectivity index (χ1n) is 13.4. The molecule has 12 nitrogen and oxygen atoms in total. The Bertz CT molecular complexity index is 1520. The molecule has 1 aliphatic rings. The van der Waals surface area contributed by atoms with Crippen molar-refractivity contribution >= 4 is 17.8 Å². The number of hydrogen-bond acceptors (Lipinski definition) is 9. The molecule has 3 heterocycles. The van der Waals surface area contributed by atoms with Crippen LogP contribution in [-0.4, -0.2) is 82.2 Å². The van der Waals surface area contributed by atoms with Crippen LogP contribution >= 0.6 is 0 Å². The Labute approximate surface area is 248 Å². The SMILES string of the molecule is CN(C)CCNc1nccc(-c2[nH]c(C3OCC(C)(C(=O)O)CO3)nc2-c2ccc(F)cc2)n1.NC(=O)c1ccccc1. The maximum atomic E-state index is 13.5. The summed E-state index contributed by atoms with van der Waals surface area (Å²) < 4.78 is 24.9. The van der Waals surface area contributed by atoms with Gasteiger partial charge in [-0.05, 0) is 63.5 Å². The molecule has 0 saturated carbocycles. The molecule has 5 rings (SSSR count).